The van der Waals surface area contributed by atoms with Crippen LogP contribution in [0.25, 0.3) is 10.9 Å². The molecule has 4 nitrogen and oxygen atoms in total. The molecule has 25 heavy (non-hydrogen) atoms. The van der Waals surface area contributed by atoms with Gasteiger partial charge in [-0.3, -0.25) is 4.99 Å². The molecule has 0 bridgehead atoms. The van der Waals surface area contributed by atoms with Crippen LogP contribution in [0.3, 0.4) is 0 Å². The summed E-state index contributed by atoms with van der Waals surface area (Å²) in [5, 5.41) is 8.06. The average molecular weight is 468 g/mol. The number of aliphatic imine (C=N–C) groups is 1. The summed E-state index contributed by atoms with van der Waals surface area (Å²) in [7, 11) is 1.81. The number of aromatic amines is 1. The van der Waals surface area contributed by atoms with E-state index < -0.39 is 0 Å². The summed E-state index contributed by atoms with van der Waals surface area (Å²) < 4.78 is 0. The first-order chi connectivity index (χ1) is 11.7. The summed E-state index contributed by atoms with van der Waals surface area (Å²) in [5.74, 6) is 0.844. The molecule has 0 aliphatic rings. The van der Waals surface area contributed by atoms with Crippen molar-refractivity contribution in [2.75, 3.05) is 13.6 Å². The van der Waals surface area contributed by atoms with Crippen LogP contribution in [0.2, 0.25) is 0 Å². The molecule has 0 amide bonds. The van der Waals surface area contributed by atoms with Crippen molar-refractivity contribution in [3.05, 3.63) is 57.4 Å². The number of benzene rings is 1. The smallest absolute Gasteiger partial charge is 0.191 e. The number of thiophene rings is 1. The Kier molecular flexibility index (Phi) is 7.31. The second-order valence-electron chi connectivity index (χ2n) is 5.98. The van der Waals surface area contributed by atoms with Crippen LogP contribution in [0.1, 0.15) is 20.9 Å². The average Bonchev–Trinajstić information content (AvgIpc) is 3.16. The van der Waals surface area contributed by atoms with Gasteiger partial charge < -0.3 is 15.6 Å². The highest BCUT2D eigenvalue weighted by Gasteiger charge is 2.05. The second kappa shape index (κ2) is 9.24. The van der Waals surface area contributed by atoms with Crippen LogP contribution in [0, 0.1) is 13.8 Å². The molecule has 2 heterocycles. The van der Waals surface area contributed by atoms with Crippen LogP contribution in [0.5, 0.6) is 0 Å². The molecule has 3 N–H and O–H groups in total. The van der Waals surface area contributed by atoms with Crippen molar-refractivity contribution in [2.45, 2.75) is 26.8 Å². The number of rotatable bonds is 5. The van der Waals surface area contributed by atoms with Crippen molar-refractivity contribution >= 4 is 52.2 Å². The predicted octanol–water partition coefficient (Wildman–Crippen LogP) is 4.37. The van der Waals surface area contributed by atoms with Crippen molar-refractivity contribution in [3.8, 4) is 0 Å². The number of fused-ring (bicyclic) bond motifs is 1. The molecule has 2 aromatic heterocycles. The number of H-pyrrole nitrogens is 1. The van der Waals surface area contributed by atoms with Gasteiger partial charge >= 0.3 is 0 Å². The van der Waals surface area contributed by atoms with E-state index in [4.69, 9.17) is 0 Å². The predicted molar refractivity (Wildman–Crippen MR) is 119 cm³/mol. The Bertz CT molecular complexity index is 850. The monoisotopic (exact) mass is 468 g/mol. The Morgan fingerprint density at radius 3 is 2.72 bits per heavy atom. The third-order valence-corrected chi connectivity index (χ3v) is 5.06. The molecule has 0 aliphatic carbocycles. The van der Waals surface area contributed by atoms with E-state index in [1.165, 1.54) is 31.8 Å². The number of hydrogen-bond acceptors (Lipinski definition) is 2. The molecule has 0 aliphatic heterocycles. The summed E-state index contributed by atoms with van der Waals surface area (Å²) >= 11 is 1.82. The van der Waals surface area contributed by atoms with Crippen LogP contribution in [0.15, 0.2) is 41.5 Å². The summed E-state index contributed by atoms with van der Waals surface area (Å²) in [6.45, 7) is 5.91. The molecule has 0 fully saturated rings. The molecule has 134 valence electrons. The minimum absolute atomic E-state index is 0. The molecule has 0 saturated heterocycles. The number of hydrogen-bond donors (Lipinski definition) is 3. The van der Waals surface area contributed by atoms with E-state index in [-0.39, 0.29) is 24.0 Å². The second-order valence-corrected chi connectivity index (χ2v) is 7.35. The Morgan fingerprint density at radius 2 is 2.00 bits per heavy atom. The maximum Gasteiger partial charge on any atom is 0.191 e. The van der Waals surface area contributed by atoms with Crippen molar-refractivity contribution in [1.82, 2.24) is 15.6 Å². The highest BCUT2D eigenvalue weighted by molar-refractivity contribution is 14.0. The van der Waals surface area contributed by atoms with E-state index in [9.17, 15) is 0 Å². The lowest BCUT2D eigenvalue weighted by molar-refractivity contribution is 0.801. The molecular formula is C19H25IN4S. The van der Waals surface area contributed by atoms with E-state index in [0.29, 0.717) is 0 Å². The van der Waals surface area contributed by atoms with Crippen LogP contribution in [-0.2, 0) is 13.0 Å². The van der Waals surface area contributed by atoms with E-state index in [1.807, 2.05) is 18.4 Å². The molecule has 1 aromatic carbocycles. The van der Waals surface area contributed by atoms with Crippen molar-refractivity contribution in [1.29, 1.82) is 0 Å². The zero-order chi connectivity index (χ0) is 16.9. The Hall–Kier alpha value is -1.54. The fourth-order valence-electron chi connectivity index (χ4n) is 2.79. The quantitative estimate of drug-likeness (QED) is 0.296. The van der Waals surface area contributed by atoms with Gasteiger partial charge in [0.2, 0.25) is 0 Å². The Morgan fingerprint density at radius 1 is 1.16 bits per heavy atom. The highest BCUT2D eigenvalue weighted by atomic mass is 127. The lowest BCUT2D eigenvalue weighted by Crippen LogP contribution is -2.37. The fourth-order valence-corrected chi connectivity index (χ4v) is 3.62. The Balaban J connectivity index is 0.00000225. The van der Waals surface area contributed by atoms with Gasteiger partial charge in [-0.05, 0) is 49.6 Å². The van der Waals surface area contributed by atoms with Gasteiger partial charge in [0.05, 0.1) is 6.54 Å². The van der Waals surface area contributed by atoms with Gasteiger partial charge in [-0.2, -0.15) is 0 Å². The molecular weight excluding hydrogens is 443 g/mol. The van der Waals surface area contributed by atoms with Gasteiger partial charge in [0.1, 0.15) is 0 Å². The van der Waals surface area contributed by atoms with Crippen LogP contribution >= 0.6 is 35.3 Å². The minimum atomic E-state index is 0. The molecule has 6 heteroatoms. The number of aromatic nitrogens is 1. The largest absolute Gasteiger partial charge is 0.361 e. The number of nitrogens with one attached hydrogen (secondary N) is 3. The third kappa shape index (κ3) is 5.22. The molecule has 0 radical (unpaired) electrons. The fraction of sp³-hybridized carbons (Fsp3) is 0.316. The van der Waals surface area contributed by atoms with Gasteiger partial charge in [-0.25, -0.2) is 0 Å². The van der Waals surface area contributed by atoms with Gasteiger partial charge in [0.25, 0.3) is 0 Å². The summed E-state index contributed by atoms with van der Waals surface area (Å²) in [6, 6.07) is 10.9. The van der Waals surface area contributed by atoms with Gasteiger partial charge in [-0.15, -0.1) is 35.3 Å². The lowest BCUT2D eigenvalue weighted by atomic mass is 10.1. The third-order valence-electron chi connectivity index (χ3n) is 4.06. The first-order valence-electron chi connectivity index (χ1n) is 8.22. The zero-order valence-corrected chi connectivity index (χ0v) is 18.0. The van der Waals surface area contributed by atoms with Crippen molar-refractivity contribution in [3.63, 3.8) is 0 Å². The highest BCUT2D eigenvalue weighted by Crippen LogP contribution is 2.19. The molecule has 3 rings (SSSR count). The molecule has 0 atom stereocenters. The molecule has 0 unspecified atom stereocenters. The first-order valence-corrected chi connectivity index (χ1v) is 9.04. The van der Waals surface area contributed by atoms with Crippen molar-refractivity contribution in [2.24, 2.45) is 4.99 Å². The maximum absolute atomic E-state index is 4.29. The number of aryl methyl sites for hydroxylation is 2. The minimum Gasteiger partial charge on any atom is -0.361 e. The summed E-state index contributed by atoms with van der Waals surface area (Å²) in [5.41, 5.74) is 3.82. The van der Waals surface area contributed by atoms with Gasteiger partial charge in [-0.1, -0.05) is 12.1 Å². The van der Waals surface area contributed by atoms with Crippen molar-refractivity contribution < 1.29 is 0 Å². The van der Waals surface area contributed by atoms with Crippen LogP contribution in [0.4, 0.5) is 0 Å². The molecule has 0 spiro atoms. The normalized spacial score (nSPS) is 11.4. The zero-order valence-electron chi connectivity index (χ0n) is 14.8. The first kappa shape index (κ1) is 19.8. The number of halogens is 1. The topological polar surface area (TPSA) is 52.2 Å². The molecule has 0 saturated carbocycles. The number of guanidine groups is 1. The van der Waals surface area contributed by atoms with E-state index in [1.54, 1.807) is 0 Å². The van der Waals surface area contributed by atoms with Gasteiger partial charge in [0.15, 0.2) is 5.96 Å². The van der Waals surface area contributed by atoms with E-state index >= 15 is 0 Å². The standard InChI is InChI=1S/C19H24N4S.HI/c1-13-4-7-17-15(11-22-18(17)10-13)8-9-21-19(20-3)23-12-16-6-5-14(2)24-16;/h4-7,10-11,22H,8-9,12H2,1-3H3,(H2,20,21,23);1H. The summed E-state index contributed by atoms with van der Waals surface area (Å²) in [4.78, 5) is 10.3. The van der Waals surface area contributed by atoms with E-state index in [2.05, 4.69) is 71.0 Å². The SMILES string of the molecule is CN=C(NCCc1c[nH]c2cc(C)ccc12)NCc1ccc(C)s1.I. The van der Waals surface area contributed by atoms with Gasteiger partial charge in [0, 0.05) is 40.4 Å². The summed E-state index contributed by atoms with van der Waals surface area (Å²) in [6.07, 6.45) is 3.07. The Labute approximate surface area is 170 Å². The van der Waals surface area contributed by atoms with Crippen LogP contribution in [-0.4, -0.2) is 24.5 Å². The van der Waals surface area contributed by atoms with E-state index in [0.717, 1.165) is 25.5 Å². The lowest BCUT2D eigenvalue weighted by Gasteiger charge is -2.11. The molecule has 3 aromatic rings. The number of nitrogens with zero attached hydrogens (tertiary/aromatic N) is 1. The maximum atomic E-state index is 4.29. The van der Waals surface area contributed by atoms with Crippen LogP contribution < -0.4 is 10.6 Å².